The summed E-state index contributed by atoms with van der Waals surface area (Å²) in [6.07, 6.45) is -0.0964. The van der Waals surface area contributed by atoms with Gasteiger partial charge in [0.25, 0.3) is 0 Å². The quantitative estimate of drug-likeness (QED) is 0.526. The van der Waals surface area contributed by atoms with Crippen LogP contribution >= 0.6 is 0 Å². The number of sulfonamides is 1. The molecule has 0 bridgehead atoms. The van der Waals surface area contributed by atoms with Crippen molar-refractivity contribution in [2.75, 3.05) is 37.6 Å². The molecule has 9 nitrogen and oxygen atoms in total. The summed E-state index contributed by atoms with van der Waals surface area (Å²) in [5, 5.41) is 20.3. The lowest BCUT2D eigenvalue weighted by atomic mass is 9.80. The van der Waals surface area contributed by atoms with E-state index >= 15 is 0 Å². The van der Waals surface area contributed by atoms with E-state index in [2.05, 4.69) is 9.88 Å². The van der Waals surface area contributed by atoms with Crippen molar-refractivity contribution in [3.05, 3.63) is 48.5 Å². The van der Waals surface area contributed by atoms with Crippen LogP contribution in [0.2, 0.25) is 0 Å². The van der Waals surface area contributed by atoms with Crippen molar-refractivity contribution in [3.8, 4) is 11.3 Å². The Morgan fingerprint density at radius 3 is 2.53 bits per heavy atom. The van der Waals surface area contributed by atoms with E-state index in [9.17, 15) is 23.4 Å². The Kier molecular flexibility index (Phi) is 4.71. The number of carboxylic acid groups (broad SMARTS) is 1. The summed E-state index contributed by atoms with van der Waals surface area (Å²) in [4.78, 5) is 18.2. The Bertz CT molecular complexity index is 1360. The van der Waals surface area contributed by atoms with Gasteiger partial charge in [-0.1, -0.05) is 18.2 Å². The summed E-state index contributed by atoms with van der Waals surface area (Å²) in [6, 6.07) is 15.1. The SMILES string of the molecule is O=C(O)N1CC2(CCN2S(=O)(=O)c2ccc(N3CCC(O)C3)c(-c3cc4ccccc4[nH]3)c2)C1. The van der Waals surface area contributed by atoms with E-state index in [-0.39, 0.29) is 18.0 Å². The van der Waals surface area contributed by atoms with Crippen molar-refractivity contribution >= 4 is 32.7 Å². The summed E-state index contributed by atoms with van der Waals surface area (Å²) >= 11 is 0. The number of H-pyrrole nitrogens is 1. The number of β-amino-alcohol motifs (C(OH)–C–C–N with tert-alkyl or cyclic N) is 1. The van der Waals surface area contributed by atoms with Crippen molar-refractivity contribution < 1.29 is 23.4 Å². The van der Waals surface area contributed by atoms with Crippen molar-refractivity contribution in [2.24, 2.45) is 0 Å². The van der Waals surface area contributed by atoms with Gasteiger partial charge in [0.1, 0.15) is 0 Å². The number of rotatable bonds is 4. The molecule has 0 saturated carbocycles. The van der Waals surface area contributed by atoms with Gasteiger partial charge in [-0.05, 0) is 43.2 Å². The Labute approximate surface area is 197 Å². The van der Waals surface area contributed by atoms with Crippen LogP contribution in [-0.4, -0.2) is 83.3 Å². The van der Waals surface area contributed by atoms with Crippen molar-refractivity contribution in [2.45, 2.75) is 29.4 Å². The maximum absolute atomic E-state index is 13.6. The fourth-order valence-corrected chi connectivity index (χ4v) is 7.29. The Balaban J connectivity index is 1.40. The van der Waals surface area contributed by atoms with Gasteiger partial charge in [-0.2, -0.15) is 4.31 Å². The summed E-state index contributed by atoms with van der Waals surface area (Å²) in [7, 11) is -3.80. The van der Waals surface area contributed by atoms with Crippen LogP contribution in [0.25, 0.3) is 22.2 Å². The molecule has 2 aromatic carbocycles. The fraction of sp³-hybridized carbons (Fsp3) is 0.375. The highest BCUT2D eigenvalue weighted by atomic mass is 32.2. The number of benzene rings is 2. The number of carbonyl (C=O) groups is 1. The van der Waals surface area contributed by atoms with Crippen LogP contribution in [0, 0.1) is 0 Å². The molecule has 178 valence electrons. The topological polar surface area (TPSA) is 117 Å². The van der Waals surface area contributed by atoms with Gasteiger partial charge in [-0.25, -0.2) is 13.2 Å². The molecule has 34 heavy (non-hydrogen) atoms. The van der Waals surface area contributed by atoms with E-state index in [1.165, 1.54) is 9.21 Å². The minimum Gasteiger partial charge on any atom is -0.465 e. The summed E-state index contributed by atoms with van der Waals surface area (Å²) < 4.78 is 28.7. The van der Waals surface area contributed by atoms with Crippen LogP contribution in [0.4, 0.5) is 10.5 Å². The van der Waals surface area contributed by atoms with E-state index in [4.69, 9.17) is 0 Å². The number of likely N-dealkylation sites (tertiary alicyclic amines) is 1. The normalized spacial score (nSPS) is 22.2. The fourth-order valence-electron chi connectivity index (χ4n) is 5.48. The molecule has 3 aromatic rings. The molecule has 3 aliphatic rings. The number of hydrogen-bond donors (Lipinski definition) is 3. The zero-order chi connectivity index (χ0) is 23.7. The van der Waals surface area contributed by atoms with Gasteiger partial charge < -0.3 is 25.0 Å². The summed E-state index contributed by atoms with van der Waals surface area (Å²) in [6.45, 7) is 2.00. The highest BCUT2D eigenvalue weighted by molar-refractivity contribution is 7.89. The van der Waals surface area contributed by atoms with E-state index < -0.39 is 27.8 Å². The van der Waals surface area contributed by atoms with Crippen LogP contribution < -0.4 is 4.90 Å². The number of fused-ring (bicyclic) bond motifs is 1. The van der Waals surface area contributed by atoms with Crippen molar-refractivity contribution in [1.82, 2.24) is 14.2 Å². The molecule has 0 aliphatic carbocycles. The molecule has 4 heterocycles. The molecule has 10 heteroatoms. The van der Waals surface area contributed by atoms with Crippen LogP contribution in [0.3, 0.4) is 0 Å². The first-order valence-electron chi connectivity index (χ1n) is 11.4. The molecule has 3 fully saturated rings. The molecule has 3 N–H and O–H groups in total. The first-order chi connectivity index (χ1) is 16.3. The minimum atomic E-state index is -3.80. The molecule has 0 radical (unpaired) electrons. The maximum atomic E-state index is 13.6. The van der Waals surface area contributed by atoms with Crippen LogP contribution in [0.1, 0.15) is 12.8 Å². The van der Waals surface area contributed by atoms with Crippen LogP contribution in [-0.2, 0) is 10.0 Å². The Morgan fingerprint density at radius 2 is 1.88 bits per heavy atom. The maximum Gasteiger partial charge on any atom is 0.407 e. The van der Waals surface area contributed by atoms with Gasteiger partial charge in [0.05, 0.1) is 16.5 Å². The highest BCUT2D eigenvalue weighted by Crippen LogP contribution is 2.44. The predicted octanol–water partition coefficient (Wildman–Crippen LogP) is 2.53. The third kappa shape index (κ3) is 3.20. The third-order valence-electron chi connectivity index (χ3n) is 7.43. The van der Waals surface area contributed by atoms with Gasteiger partial charge in [-0.3, -0.25) is 0 Å². The zero-order valence-corrected chi connectivity index (χ0v) is 19.3. The second kappa shape index (κ2) is 7.46. The molecule has 1 atom stereocenters. The number of nitrogens with one attached hydrogen (secondary N) is 1. The van der Waals surface area contributed by atoms with Gasteiger partial charge in [-0.15, -0.1) is 0 Å². The largest absolute Gasteiger partial charge is 0.465 e. The summed E-state index contributed by atoms with van der Waals surface area (Å²) in [5.41, 5.74) is 2.79. The van der Waals surface area contributed by atoms with Gasteiger partial charge in [0, 0.05) is 60.6 Å². The lowest BCUT2D eigenvalue weighted by molar-refractivity contribution is -0.0598. The molecule has 1 amide bonds. The average Bonchev–Trinajstić information content (AvgIpc) is 3.37. The number of anilines is 1. The lowest BCUT2D eigenvalue weighted by Gasteiger charge is -2.60. The first-order valence-corrected chi connectivity index (χ1v) is 12.9. The monoisotopic (exact) mass is 482 g/mol. The van der Waals surface area contributed by atoms with Crippen molar-refractivity contribution in [1.29, 1.82) is 0 Å². The van der Waals surface area contributed by atoms with Gasteiger partial charge in [0.2, 0.25) is 10.0 Å². The molecule has 3 saturated heterocycles. The van der Waals surface area contributed by atoms with Crippen LogP contribution in [0.15, 0.2) is 53.4 Å². The standard InChI is InChI=1S/C24H26N4O5S/c29-17-7-9-26(13-17)22-6-5-18(12-19(22)21-11-16-3-1-2-4-20(16)25-21)34(32,33)28-10-8-24(28)14-27(15-24)23(30)31/h1-6,11-12,17,25,29H,7-10,13-15H2,(H,30,31). The molecule has 1 aromatic heterocycles. The van der Waals surface area contributed by atoms with Crippen LogP contribution in [0.5, 0.6) is 0 Å². The number of aromatic amines is 1. The molecule has 1 unspecified atom stereocenters. The highest BCUT2D eigenvalue weighted by Gasteiger charge is 2.59. The average molecular weight is 483 g/mol. The number of aliphatic hydroxyl groups excluding tert-OH is 1. The Morgan fingerprint density at radius 1 is 1.09 bits per heavy atom. The van der Waals surface area contributed by atoms with E-state index in [0.717, 1.165) is 27.8 Å². The molecular weight excluding hydrogens is 456 g/mol. The summed E-state index contributed by atoms with van der Waals surface area (Å²) in [5.74, 6) is 0. The van der Waals surface area contributed by atoms with E-state index in [0.29, 0.717) is 32.5 Å². The third-order valence-corrected chi connectivity index (χ3v) is 9.43. The van der Waals surface area contributed by atoms with Crippen molar-refractivity contribution in [3.63, 3.8) is 0 Å². The van der Waals surface area contributed by atoms with Gasteiger partial charge in [0.15, 0.2) is 0 Å². The van der Waals surface area contributed by atoms with E-state index in [1.54, 1.807) is 12.1 Å². The first kappa shape index (κ1) is 21.5. The number of nitrogens with zero attached hydrogens (tertiary/aromatic N) is 3. The molecule has 3 aliphatic heterocycles. The molecular formula is C24H26N4O5S. The lowest BCUT2D eigenvalue weighted by Crippen LogP contribution is -2.78. The number of hydrogen-bond acceptors (Lipinski definition) is 5. The Hall–Kier alpha value is -3.08. The second-order valence-corrected chi connectivity index (χ2v) is 11.4. The zero-order valence-electron chi connectivity index (χ0n) is 18.5. The number of aromatic nitrogens is 1. The smallest absolute Gasteiger partial charge is 0.407 e. The minimum absolute atomic E-state index is 0.192. The molecule has 1 spiro atoms. The number of aliphatic hydroxyl groups is 1. The number of para-hydroxylation sites is 1. The van der Waals surface area contributed by atoms with Gasteiger partial charge >= 0.3 is 6.09 Å². The molecule has 6 rings (SSSR count). The predicted molar refractivity (Wildman–Crippen MR) is 127 cm³/mol. The number of amides is 1. The second-order valence-electron chi connectivity index (χ2n) is 9.53. The van der Waals surface area contributed by atoms with E-state index in [1.807, 2.05) is 36.4 Å².